The third kappa shape index (κ3) is 3.01. The van der Waals surface area contributed by atoms with Crippen molar-refractivity contribution >= 4 is 17.3 Å². The van der Waals surface area contributed by atoms with Crippen LogP contribution in [0.3, 0.4) is 0 Å². The van der Waals surface area contributed by atoms with E-state index < -0.39 is 0 Å². The van der Waals surface area contributed by atoms with Crippen molar-refractivity contribution in [3.63, 3.8) is 0 Å². The molecule has 0 aliphatic rings. The molecule has 0 fully saturated rings. The summed E-state index contributed by atoms with van der Waals surface area (Å²) >= 11 is 4.88. The molecule has 0 spiro atoms. The minimum Gasteiger partial charge on any atom is -0.355 e. The highest BCUT2D eigenvalue weighted by Gasteiger charge is 2.04. The van der Waals surface area contributed by atoms with Gasteiger partial charge >= 0.3 is 0 Å². The molecule has 1 rings (SSSR count). The third-order valence-corrected chi connectivity index (χ3v) is 2.01. The van der Waals surface area contributed by atoms with Crippen molar-refractivity contribution in [1.82, 2.24) is 10.7 Å². The smallest absolute Gasteiger partial charge is 0.181 e. The molecule has 70 valence electrons. The van der Waals surface area contributed by atoms with Crippen molar-refractivity contribution < 1.29 is 0 Å². The standard InChI is InChI=1S/C9H13N3S/c1-7(11-9(13)12-10)8-5-3-2-4-6-8/h2-7H,10H2,1H3,(H2,11,12,13)/t7-/m0/s1. The Hall–Kier alpha value is -1.13. The lowest BCUT2D eigenvalue weighted by Gasteiger charge is -2.15. The van der Waals surface area contributed by atoms with Gasteiger partial charge < -0.3 is 10.7 Å². The van der Waals surface area contributed by atoms with Crippen molar-refractivity contribution in [2.45, 2.75) is 13.0 Å². The summed E-state index contributed by atoms with van der Waals surface area (Å²) in [6, 6.07) is 10.2. The van der Waals surface area contributed by atoms with Gasteiger partial charge in [0.05, 0.1) is 6.04 Å². The number of hydrazine groups is 1. The van der Waals surface area contributed by atoms with Crippen LogP contribution in [0, 0.1) is 0 Å². The molecule has 4 N–H and O–H groups in total. The molecule has 1 aromatic carbocycles. The Balaban J connectivity index is 2.59. The molecule has 0 aliphatic heterocycles. The zero-order valence-corrected chi connectivity index (χ0v) is 8.27. The lowest BCUT2D eigenvalue weighted by atomic mass is 10.1. The predicted molar refractivity (Wildman–Crippen MR) is 57.9 cm³/mol. The fourth-order valence-corrected chi connectivity index (χ4v) is 1.24. The zero-order chi connectivity index (χ0) is 9.68. The first-order valence-corrected chi connectivity index (χ1v) is 4.47. The Labute approximate surface area is 83.3 Å². The van der Waals surface area contributed by atoms with E-state index in [1.165, 1.54) is 5.56 Å². The van der Waals surface area contributed by atoms with Crippen LogP contribution in [0.25, 0.3) is 0 Å². The van der Waals surface area contributed by atoms with Crippen LogP contribution >= 0.6 is 12.2 Å². The van der Waals surface area contributed by atoms with E-state index in [2.05, 4.69) is 10.7 Å². The largest absolute Gasteiger partial charge is 0.355 e. The van der Waals surface area contributed by atoms with Gasteiger partial charge in [-0.2, -0.15) is 0 Å². The second kappa shape index (κ2) is 4.79. The number of benzene rings is 1. The molecule has 1 aromatic rings. The summed E-state index contributed by atoms with van der Waals surface area (Å²) in [5.74, 6) is 5.14. The summed E-state index contributed by atoms with van der Waals surface area (Å²) in [6.07, 6.45) is 0. The summed E-state index contributed by atoms with van der Waals surface area (Å²) < 4.78 is 0. The Morgan fingerprint density at radius 3 is 2.54 bits per heavy atom. The molecule has 0 unspecified atom stereocenters. The monoisotopic (exact) mass is 195 g/mol. The Morgan fingerprint density at radius 1 is 1.38 bits per heavy atom. The highest BCUT2D eigenvalue weighted by atomic mass is 32.1. The Morgan fingerprint density at radius 2 is 2.00 bits per heavy atom. The van der Waals surface area contributed by atoms with E-state index in [1.54, 1.807) is 0 Å². The van der Waals surface area contributed by atoms with Crippen LogP contribution in [0.1, 0.15) is 18.5 Å². The van der Waals surface area contributed by atoms with Gasteiger partial charge in [-0.05, 0) is 24.7 Å². The number of thiocarbonyl (C=S) groups is 1. The number of nitrogens with one attached hydrogen (secondary N) is 2. The molecular weight excluding hydrogens is 182 g/mol. The molecule has 0 aliphatic carbocycles. The van der Waals surface area contributed by atoms with Gasteiger partial charge in [0.25, 0.3) is 0 Å². The van der Waals surface area contributed by atoms with Crippen LogP contribution in [0.5, 0.6) is 0 Å². The van der Waals surface area contributed by atoms with Gasteiger partial charge in [-0.1, -0.05) is 30.3 Å². The first kappa shape index (κ1) is 9.95. The van der Waals surface area contributed by atoms with Crippen molar-refractivity contribution in [2.24, 2.45) is 5.84 Å². The molecular formula is C9H13N3S. The molecule has 0 bridgehead atoms. The normalized spacial score (nSPS) is 11.8. The second-order valence-electron chi connectivity index (χ2n) is 2.75. The Bertz CT molecular complexity index is 273. The topological polar surface area (TPSA) is 50.1 Å². The Kier molecular flexibility index (Phi) is 3.67. The van der Waals surface area contributed by atoms with E-state index in [-0.39, 0.29) is 6.04 Å². The van der Waals surface area contributed by atoms with Crippen molar-refractivity contribution in [3.05, 3.63) is 35.9 Å². The average Bonchev–Trinajstić information content (AvgIpc) is 2.19. The van der Waals surface area contributed by atoms with Gasteiger partial charge in [-0.3, -0.25) is 0 Å². The highest BCUT2D eigenvalue weighted by Crippen LogP contribution is 2.10. The summed E-state index contributed by atoms with van der Waals surface area (Å²) in [5, 5.41) is 3.50. The van der Waals surface area contributed by atoms with Gasteiger partial charge in [-0.25, -0.2) is 5.84 Å². The van der Waals surface area contributed by atoms with E-state index in [1.807, 2.05) is 37.3 Å². The number of nitrogens with two attached hydrogens (primary N) is 1. The SMILES string of the molecule is C[C@H](NC(=S)NN)c1ccccc1. The van der Waals surface area contributed by atoms with E-state index in [0.717, 1.165) is 0 Å². The molecule has 0 heterocycles. The lowest BCUT2D eigenvalue weighted by molar-refractivity contribution is 0.703. The van der Waals surface area contributed by atoms with Gasteiger partial charge in [-0.15, -0.1) is 0 Å². The number of hydrogen-bond donors (Lipinski definition) is 3. The lowest BCUT2D eigenvalue weighted by Crippen LogP contribution is -2.40. The van der Waals surface area contributed by atoms with Gasteiger partial charge in [0.1, 0.15) is 0 Å². The van der Waals surface area contributed by atoms with Crippen molar-refractivity contribution in [3.8, 4) is 0 Å². The van der Waals surface area contributed by atoms with Gasteiger partial charge in [0.15, 0.2) is 5.11 Å². The minimum absolute atomic E-state index is 0.171. The third-order valence-electron chi connectivity index (χ3n) is 1.78. The maximum atomic E-state index is 5.14. The molecule has 0 amide bonds. The number of hydrogen-bond acceptors (Lipinski definition) is 2. The van der Waals surface area contributed by atoms with E-state index in [9.17, 15) is 0 Å². The van der Waals surface area contributed by atoms with Crippen LogP contribution < -0.4 is 16.6 Å². The predicted octanol–water partition coefficient (Wildman–Crippen LogP) is 1.09. The van der Waals surface area contributed by atoms with Crippen LogP contribution in [0.2, 0.25) is 0 Å². The van der Waals surface area contributed by atoms with Crippen LogP contribution in [-0.4, -0.2) is 5.11 Å². The number of rotatable bonds is 2. The molecule has 0 radical (unpaired) electrons. The molecule has 0 saturated heterocycles. The average molecular weight is 195 g/mol. The molecule has 4 heteroatoms. The fourth-order valence-electron chi connectivity index (χ4n) is 1.06. The maximum absolute atomic E-state index is 5.14. The van der Waals surface area contributed by atoms with E-state index in [0.29, 0.717) is 5.11 Å². The second-order valence-corrected chi connectivity index (χ2v) is 3.16. The first-order valence-electron chi connectivity index (χ1n) is 4.06. The zero-order valence-electron chi connectivity index (χ0n) is 7.45. The summed E-state index contributed by atoms with van der Waals surface area (Å²) in [6.45, 7) is 2.03. The van der Waals surface area contributed by atoms with Gasteiger partial charge in [0.2, 0.25) is 0 Å². The molecule has 0 saturated carbocycles. The summed E-state index contributed by atoms with van der Waals surface area (Å²) in [7, 11) is 0. The molecule has 3 nitrogen and oxygen atoms in total. The fraction of sp³-hybridized carbons (Fsp3) is 0.222. The van der Waals surface area contributed by atoms with Crippen LogP contribution in [0.15, 0.2) is 30.3 Å². The first-order chi connectivity index (χ1) is 6.24. The maximum Gasteiger partial charge on any atom is 0.181 e. The van der Waals surface area contributed by atoms with Gasteiger partial charge in [0, 0.05) is 0 Å². The highest BCUT2D eigenvalue weighted by molar-refractivity contribution is 7.80. The molecule has 13 heavy (non-hydrogen) atoms. The summed E-state index contributed by atoms with van der Waals surface area (Å²) in [4.78, 5) is 0. The quantitative estimate of drug-likeness (QED) is 0.375. The van der Waals surface area contributed by atoms with Crippen molar-refractivity contribution in [1.29, 1.82) is 0 Å². The van der Waals surface area contributed by atoms with Crippen LogP contribution in [-0.2, 0) is 0 Å². The van der Waals surface area contributed by atoms with Crippen LogP contribution in [0.4, 0.5) is 0 Å². The minimum atomic E-state index is 0.171. The summed E-state index contributed by atoms with van der Waals surface area (Å²) in [5.41, 5.74) is 3.57. The van der Waals surface area contributed by atoms with Crippen molar-refractivity contribution in [2.75, 3.05) is 0 Å². The van der Waals surface area contributed by atoms with E-state index in [4.69, 9.17) is 18.1 Å². The molecule has 1 atom stereocenters. The van der Waals surface area contributed by atoms with E-state index >= 15 is 0 Å². The molecule has 0 aromatic heterocycles.